The molecular weight excluding hydrogens is 440 g/mol. The minimum atomic E-state index is -0.0605. The van der Waals surface area contributed by atoms with Crippen molar-refractivity contribution in [2.75, 3.05) is 38.2 Å². The second kappa shape index (κ2) is 9.47. The smallest absolute Gasteiger partial charge is 0.261 e. The number of morpholine rings is 1. The van der Waals surface area contributed by atoms with Crippen LogP contribution in [0.3, 0.4) is 0 Å². The van der Waals surface area contributed by atoms with Crippen molar-refractivity contribution in [1.82, 2.24) is 14.5 Å². The zero-order valence-corrected chi connectivity index (χ0v) is 19.0. The van der Waals surface area contributed by atoms with Crippen LogP contribution in [-0.2, 0) is 16.1 Å². The number of halogens is 1. The normalized spacial score (nSPS) is 17.4. The third kappa shape index (κ3) is 4.85. The minimum Gasteiger partial charge on any atom is -0.379 e. The van der Waals surface area contributed by atoms with Crippen LogP contribution in [0.25, 0.3) is 22.6 Å². The molecule has 5 rings (SSSR count). The van der Waals surface area contributed by atoms with Gasteiger partial charge in [-0.15, -0.1) is 0 Å². The zero-order chi connectivity index (χ0) is 22.8. The quantitative estimate of drug-likeness (QED) is 0.623. The van der Waals surface area contributed by atoms with Gasteiger partial charge in [0.15, 0.2) is 0 Å². The van der Waals surface area contributed by atoms with E-state index in [1.807, 2.05) is 30.3 Å². The Morgan fingerprint density at radius 2 is 2.00 bits per heavy atom. The summed E-state index contributed by atoms with van der Waals surface area (Å²) in [5, 5.41) is 4.16. The largest absolute Gasteiger partial charge is 0.379 e. The van der Waals surface area contributed by atoms with Crippen LogP contribution in [0.15, 0.2) is 47.3 Å². The van der Waals surface area contributed by atoms with Crippen LogP contribution in [0.5, 0.6) is 0 Å². The van der Waals surface area contributed by atoms with Gasteiger partial charge < -0.3 is 10.1 Å². The molecule has 1 saturated heterocycles. The first-order chi connectivity index (χ1) is 16.1. The number of carbonyl (C=O) groups is 1. The lowest BCUT2D eigenvalue weighted by Crippen LogP contribution is -2.38. The fraction of sp³-hybridized carbons (Fsp3) is 0.320. The molecule has 2 aliphatic rings. The summed E-state index contributed by atoms with van der Waals surface area (Å²) >= 11 is 6.12. The highest BCUT2D eigenvalue weighted by Gasteiger charge is 2.21. The summed E-state index contributed by atoms with van der Waals surface area (Å²) in [6.07, 6.45) is 3.17. The van der Waals surface area contributed by atoms with Crippen molar-refractivity contribution >= 4 is 45.7 Å². The predicted octanol–water partition coefficient (Wildman–Crippen LogP) is 3.66. The molecule has 170 valence electrons. The minimum absolute atomic E-state index is 0.0553. The van der Waals surface area contributed by atoms with Crippen LogP contribution >= 0.6 is 11.6 Å². The van der Waals surface area contributed by atoms with E-state index in [-0.39, 0.29) is 11.5 Å². The lowest BCUT2D eigenvalue weighted by atomic mass is 10.1. The van der Waals surface area contributed by atoms with E-state index in [2.05, 4.69) is 10.2 Å². The molecule has 0 aliphatic carbocycles. The molecule has 3 heterocycles. The molecule has 2 aliphatic heterocycles. The van der Waals surface area contributed by atoms with Crippen molar-refractivity contribution in [3.05, 3.63) is 69.2 Å². The molecular formula is C25H25ClN4O3. The Morgan fingerprint density at radius 3 is 2.82 bits per heavy atom. The number of hydrogen-bond donors (Lipinski definition) is 1. The summed E-state index contributed by atoms with van der Waals surface area (Å²) in [5.74, 6) is 0.614. The molecule has 3 aromatic rings. The number of hydrogen-bond acceptors (Lipinski definition) is 5. The first-order valence-electron chi connectivity index (χ1n) is 11.2. The molecule has 0 saturated carbocycles. The number of allylic oxidation sites excluding steroid dienone is 1. The van der Waals surface area contributed by atoms with Gasteiger partial charge in [-0.1, -0.05) is 23.7 Å². The van der Waals surface area contributed by atoms with Gasteiger partial charge in [0.1, 0.15) is 5.82 Å². The van der Waals surface area contributed by atoms with Gasteiger partial charge in [0.2, 0.25) is 5.91 Å². The Morgan fingerprint density at radius 1 is 1.15 bits per heavy atom. The molecule has 33 heavy (non-hydrogen) atoms. The number of amides is 1. The molecule has 0 radical (unpaired) electrons. The highest BCUT2D eigenvalue weighted by atomic mass is 35.5. The van der Waals surface area contributed by atoms with E-state index >= 15 is 0 Å². The van der Waals surface area contributed by atoms with Gasteiger partial charge >= 0.3 is 0 Å². The molecule has 0 bridgehead atoms. The molecule has 0 atom stereocenters. The van der Waals surface area contributed by atoms with E-state index in [0.717, 1.165) is 30.6 Å². The second-order valence-corrected chi connectivity index (χ2v) is 8.79. The summed E-state index contributed by atoms with van der Waals surface area (Å²) in [4.78, 5) is 32.5. The monoisotopic (exact) mass is 464 g/mol. The Bertz CT molecular complexity index is 1290. The summed E-state index contributed by atoms with van der Waals surface area (Å²) in [6.45, 7) is 4.44. The first kappa shape index (κ1) is 21.8. The average Bonchev–Trinajstić information content (AvgIpc) is 3.21. The number of nitrogens with zero attached hydrogens (tertiary/aromatic N) is 3. The molecule has 2 aromatic carbocycles. The summed E-state index contributed by atoms with van der Waals surface area (Å²) in [5.41, 5.74) is 3.13. The van der Waals surface area contributed by atoms with Crippen molar-refractivity contribution in [2.24, 2.45) is 0 Å². The highest BCUT2D eigenvalue weighted by molar-refractivity contribution is 6.30. The summed E-state index contributed by atoms with van der Waals surface area (Å²) in [7, 11) is 0. The fourth-order valence-electron chi connectivity index (χ4n) is 4.34. The first-order valence-corrected chi connectivity index (χ1v) is 11.6. The van der Waals surface area contributed by atoms with E-state index in [0.29, 0.717) is 60.2 Å². The maximum atomic E-state index is 13.1. The summed E-state index contributed by atoms with van der Waals surface area (Å²) in [6, 6.07) is 12.9. The van der Waals surface area contributed by atoms with Crippen LogP contribution in [0.2, 0.25) is 5.02 Å². The van der Waals surface area contributed by atoms with Crippen molar-refractivity contribution < 1.29 is 9.53 Å². The van der Waals surface area contributed by atoms with Gasteiger partial charge in [-0.25, -0.2) is 4.98 Å². The molecule has 8 heteroatoms. The summed E-state index contributed by atoms with van der Waals surface area (Å²) < 4.78 is 7.07. The van der Waals surface area contributed by atoms with E-state index in [1.54, 1.807) is 22.8 Å². The van der Waals surface area contributed by atoms with Gasteiger partial charge in [0.25, 0.3) is 5.56 Å². The molecule has 1 N–H and O–H groups in total. The maximum absolute atomic E-state index is 13.1. The molecule has 1 amide bonds. The van der Waals surface area contributed by atoms with Gasteiger partial charge in [-0.05, 0) is 54.0 Å². The van der Waals surface area contributed by atoms with Crippen molar-refractivity contribution in [3.63, 3.8) is 0 Å². The Hall–Kier alpha value is -3.00. The zero-order valence-electron chi connectivity index (χ0n) is 18.2. The standard InChI is InChI=1S/C25H25ClN4O3/c26-19-3-1-2-17(15-19)14-18-6-9-30-24(18)28-22-16-20(4-5-21(22)25(30)32)27-23(31)7-8-29-10-12-33-13-11-29/h1-5,14-16H,6-13H2,(H,27,31). The number of fused-ring (bicyclic) bond motifs is 2. The van der Waals surface area contributed by atoms with Crippen LogP contribution < -0.4 is 10.9 Å². The molecule has 1 fully saturated rings. The van der Waals surface area contributed by atoms with Crippen LogP contribution in [0.1, 0.15) is 24.2 Å². The number of benzene rings is 2. The van der Waals surface area contributed by atoms with Crippen molar-refractivity contribution in [3.8, 4) is 0 Å². The predicted molar refractivity (Wildman–Crippen MR) is 130 cm³/mol. The Labute approximate surface area is 196 Å². The third-order valence-electron chi connectivity index (χ3n) is 6.08. The molecule has 0 spiro atoms. The number of aromatic nitrogens is 2. The van der Waals surface area contributed by atoms with E-state index < -0.39 is 0 Å². The molecule has 1 aromatic heterocycles. The fourth-order valence-corrected chi connectivity index (χ4v) is 4.54. The van der Waals surface area contributed by atoms with Gasteiger partial charge in [-0.2, -0.15) is 0 Å². The van der Waals surface area contributed by atoms with Crippen molar-refractivity contribution in [2.45, 2.75) is 19.4 Å². The average molecular weight is 465 g/mol. The number of anilines is 1. The van der Waals surface area contributed by atoms with Gasteiger partial charge in [0.05, 0.1) is 24.1 Å². The number of ether oxygens (including phenoxy) is 1. The van der Waals surface area contributed by atoms with Crippen LogP contribution in [0.4, 0.5) is 5.69 Å². The van der Waals surface area contributed by atoms with Gasteiger partial charge in [0, 0.05) is 43.3 Å². The Balaban J connectivity index is 1.37. The van der Waals surface area contributed by atoms with Crippen LogP contribution in [-0.4, -0.2) is 53.2 Å². The number of rotatable bonds is 5. The number of carbonyl (C=O) groups excluding carboxylic acids is 1. The highest BCUT2D eigenvalue weighted by Crippen LogP contribution is 2.28. The van der Waals surface area contributed by atoms with Gasteiger partial charge in [-0.3, -0.25) is 19.1 Å². The SMILES string of the molecule is O=C(CCN1CCOCC1)Nc1ccc2c(=O)n3c(nc2c1)C(=Cc1cccc(Cl)c1)CC3. The topological polar surface area (TPSA) is 76.5 Å². The Kier molecular flexibility index (Phi) is 6.26. The van der Waals surface area contributed by atoms with Crippen molar-refractivity contribution in [1.29, 1.82) is 0 Å². The maximum Gasteiger partial charge on any atom is 0.261 e. The number of nitrogens with one attached hydrogen (secondary N) is 1. The van der Waals surface area contributed by atoms with E-state index in [9.17, 15) is 9.59 Å². The lowest BCUT2D eigenvalue weighted by molar-refractivity contribution is -0.116. The van der Waals surface area contributed by atoms with Crippen LogP contribution in [0, 0.1) is 0 Å². The van der Waals surface area contributed by atoms with E-state index in [1.165, 1.54) is 0 Å². The van der Waals surface area contributed by atoms with E-state index in [4.69, 9.17) is 21.3 Å². The molecule has 0 unspecified atom stereocenters. The third-order valence-corrected chi connectivity index (χ3v) is 6.31. The molecule has 7 nitrogen and oxygen atoms in total. The second-order valence-electron chi connectivity index (χ2n) is 8.35. The lowest BCUT2D eigenvalue weighted by Gasteiger charge is -2.26.